The van der Waals surface area contributed by atoms with Crippen LogP contribution in [0, 0.1) is 0 Å². The molecular formula is C11H12Cl2O. The number of hydrogen-bond donors (Lipinski definition) is 0. The van der Waals surface area contributed by atoms with Crippen molar-refractivity contribution in [3.63, 3.8) is 0 Å². The van der Waals surface area contributed by atoms with Crippen LogP contribution in [0.1, 0.15) is 18.4 Å². The van der Waals surface area contributed by atoms with Crippen LogP contribution in [0.25, 0.3) is 0 Å². The van der Waals surface area contributed by atoms with E-state index in [0.717, 1.165) is 11.3 Å². The van der Waals surface area contributed by atoms with Crippen LogP contribution in [0.15, 0.2) is 34.8 Å². The molecule has 76 valence electrons. The van der Waals surface area contributed by atoms with Crippen molar-refractivity contribution in [1.29, 1.82) is 0 Å². The molecule has 0 radical (unpaired) electrons. The van der Waals surface area contributed by atoms with Gasteiger partial charge >= 0.3 is 0 Å². The van der Waals surface area contributed by atoms with Gasteiger partial charge in [0.15, 0.2) is 0 Å². The smallest absolute Gasteiger partial charge is 0.122 e. The zero-order chi connectivity index (χ0) is 10.6. The lowest BCUT2D eigenvalue weighted by atomic mass is 10.0. The standard InChI is InChI=1S/C11H12Cl2O/c1-8(7-11(12)13)9-5-3-4-6-10(9)14-2/h3-8H,1-2H3. The fraction of sp³-hybridized carbons (Fsp3) is 0.273. The summed E-state index contributed by atoms with van der Waals surface area (Å²) in [5.41, 5.74) is 1.08. The van der Waals surface area contributed by atoms with Crippen molar-refractivity contribution in [1.82, 2.24) is 0 Å². The first-order valence-corrected chi connectivity index (χ1v) is 5.06. The molecule has 0 aromatic heterocycles. The molecule has 0 spiro atoms. The molecular weight excluding hydrogens is 219 g/mol. The van der Waals surface area contributed by atoms with Crippen LogP contribution >= 0.6 is 23.2 Å². The maximum Gasteiger partial charge on any atom is 0.122 e. The summed E-state index contributed by atoms with van der Waals surface area (Å²) in [4.78, 5) is 0. The van der Waals surface area contributed by atoms with Crippen molar-refractivity contribution < 1.29 is 4.74 Å². The maximum atomic E-state index is 5.60. The quantitative estimate of drug-likeness (QED) is 0.760. The Bertz CT molecular complexity index is 330. The highest BCUT2D eigenvalue weighted by molar-refractivity contribution is 6.55. The molecule has 1 nitrogen and oxygen atoms in total. The fourth-order valence-electron chi connectivity index (χ4n) is 1.32. The number of para-hydroxylation sites is 1. The van der Waals surface area contributed by atoms with Crippen LogP contribution < -0.4 is 4.74 Å². The molecule has 0 fully saturated rings. The molecule has 0 aliphatic heterocycles. The molecule has 1 aromatic carbocycles. The Morgan fingerprint density at radius 1 is 1.36 bits per heavy atom. The summed E-state index contributed by atoms with van der Waals surface area (Å²) < 4.78 is 5.51. The van der Waals surface area contributed by atoms with E-state index < -0.39 is 0 Å². The summed E-state index contributed by atoms with van der Waals surface area (Å²) in [7, 11) is 1.65. The molecule has 0 N–H and O–H groups in total. The minimum absolute atomic E-state index is 0.149. The van der Waals surface area contributed by atoms with Gasteiger partial charge in [-0.3, -0.25) is 0 Å². The van der Waals surface area contributed by atoms with Crippen molar-refractivity contribution in [3.8, 4) is 5.75 Å². The minimum atomic E-state index is 0.149. The van der Waals surface area contributed by atoms with E-state index in [1.165, 1.54) is 0 Å². The van der Waals surface area contributed by atoms with Gasteiger partial charge in [0.25, 0.3) is 0 Å². The summed E-state index contributed by atoms with van der Waals surface area (Å²) in [6, 6.07) is 7.81. The van der Waals surface area contributed by atoms with Crippen molar-refractivity contribution in [2.24, 2.45) is 0 Å². The van der Waals surface area contributed by atoms with E-state index in [-0.39, 0.29) is 10.4 Å². The van der Waals surface area contributed by atoms with E-state index in [1.807, 2.05) is 31.2 Å². The summed E-state index contributed by atoms with van der Waals surface area (Å²) in [5, 5.41) is 0. The molecule has 1 aromatic rings. The largest absolute Gasteiger partial charge is 0.496 e. The Balaban J connectivity index is 2.99. The van der Waals surface area contributed by atoms with E-state index in [2.05, 4.69) is 0 Å². The van der Waals surface area contributed by atoms with Crippen LogP contribution in [0.3, 0.4) is 0 Å². The highest BCUT2D eigenvalue weighted by Gasteiger charge is 2.08. The average molecular weight is 231 g/mol. The lowest BCUT2D eigenvalue weighted by Crippen LogP contribution is -1.94. The van der Waals surface area contributed by atoms with E-state index in [9.17, 15) is 0 Å². The molecule has 0 bridgehead atoms. The average Bonchev–Trinajstić information content (AvgIpc) is 2.16. The monoisotopic (exact) mass is 230 g/mol. The second kappa shape index (κ2) is 5.28. The highest BCUT2D eigenvalue weighted by Crippen LogP contribution is 2.28. The summed E-state index contributed by atoms with van der Waals surface area (Å²) in [6.07, 6.45) is 1.78. The molecule has 1 unspecified atom stereocenters. The van der Waals surface area contributed by atoms with E-state index in [0.29, 0.717) is 0 Å². The first-order valence-electron chi connectivity index (χ1n) is 4.31. The Morgan fingerprint density at radius 3 is 2.57 bits per heavy atom. The maximum absolute atomic E-state index is 5.60. The first kappa shape index (κ1) is 11.4. The van der Waals surface area contributed by atoms with E-state index in [4.69, 9.17) is 27.9 Å². The van der Waals surface area contributed by atoms with Gasteiger partial charge in [0.1, 0.15) is 10.2 Å². The van der Waals surface area contributed by atoms with Gasteiger partial charge in [0.2, 0.25) is 0 Å². The van der Waals surface area contributed by atoms with Gasteiger partial charge in [-0.2, -0.15) is 0 Å². The zero-order valence-corrected chi connectivity index (χ0v) is 9.64. The van der Waals surface area contributed by atoms with Crippen molar-refractivity contribution in [2.75, 3.05) is 7.11 Å². The number of rotatable bonds is 3. The molecule has 0 saturated carbocycles. The Hall–Kier alpha value is -0.660. The summed E-state index contributed by atoms with van der Waals surface area (Å²) >= 11 is 11.2. The second-order valence-corrected chi connectivity index (χ2v) is 3.99. The predicted octanol–water partition coefficient (Wildman–Crippen LogP) is 4.12. The van der Waals surface area contributed by atoms with Crippen LogP contribution in [0.5, 0.6) is 5.75 Å². The predicted molar refractivity (Wildman–Crippen MR) is 61.2 cm³/mol. The molecule has 0 amide bonds. The third-order valence-corrected chi connectivity index (χ3v) is 2.26. The van der Waals surface area contributed by atoms with Gasteiger partial charge in [-0.15, -0.1) is 0 Å². The van der Waals surface area contributed by atoms with Gasteiger partial charge in [-0.1, -0.05) is 48.3 Å². The lowest BCUT2D eigenvalue weighted by Gasteiger charge is -2.11. The lowest BCUT2D eigenvalue weighted by molar-refractivity contribution is 0.408. The Morgan fingerprint density at radius 2 is 2.00 bits per heavy atom. The van der Waals surface area contributed by atoms with E-state index >= 15 is 0 Å². The van der Waals surface area contributed by atoms with Crippen molar-refractivity contribution in [3.05, 3.63) is 40.4 Å². The summed E-state index contributed by atoms with van der Waals surface area (Å²) in [5.74, 6) is 1.00. The number of methoxy groups -OCH3 is 1. The highest BCUT2D eigenvalue weighted by atomic mass is 35.5. The van der Waals surface area contributed by atoms with Gasteiger partial charge in [-0.25, -0.2) is 0 Å². The molecule has 1 rings (SSSR count). The van der Waals surface area contributed by atoms with Crippen LogP contribution in [0.2, 0.25) is 0 Å². The molecule has 0 saturated heterocycles. The topological polar surface area (TPSA) is 9.23 Å². The zero-order valence-electron chi connectivity index (χ0n) is 8.13. The third-order valence-electron chi connectivity index (χ3n) is 2.01. The summed E-state index contributed by atoms with van der Waals surface area (Å²) in [6.45, 7) is 2.02. The van der Waals surface area contributed by atoms with Crippen LogP contribution in [0.4, 0.5) is 0 Å². The molecule has 0 heterocycles. The number of benzene rings is 1. The van der Waals surface area contributed by atoms with Gasteiger partial charge < -0.3 is 4.74 Å². The van der Waals surface area contributed by atoms with Crippen molar-refractivity contribution >= 4 is 23.2 Å². The normalized spacial score (nSPS) is 12.0. The van der Waals surface area contributed by atoms with Crippen LogP contribution in [-0.2, 0) is 0 Å². The van der Waals surface area contributed by atoms with Crippen LogP contribution in [-0.4, -0.2) is 7.11 Å². The Kier molecular flexibility index (Phi) is 4.30. The third kappa shape index (κ3) is 2.93. The minimum Gasteiger partial charge on any atom is -0.496 e. The molecule has 0 aliphatic carbocycles. The number of halogens is 2. The molecule has 1 atom stereocenters. The first-order chi connectivity index (χ1) is 6.65. The van der Waals surface area contributed by atoms with Gasteiger partial charge in [0.05, 0.1) is 7.11 Å². The number of hydrogen-bond acceptors (Lipinski definition) is 1. The van der Waals surface area contributed by atoms with Gasteiger partial charge in [0, 0.05) is 11.5 Å². The SMILES string of the molecule is COc1ccccc1C(C)C=C(Cl)Cl. The molecule has 14 heavy (non-hydrogen) atoms. The second-order valence-electron chi connectivity index (χ2n) is 2.99. The van der Waals surface area contributed by atoms with Gasteiger partial charge in [-0.05, 0) is 12.1 Å². The fourth-order valence-corrected chi connectivity index (χ4v) is 1.70. The number of ether oxygens (including phenoxy) is 1. The molecule has 3 heteroatoms. The number of allylic oxidation sites excluding steroid dienone is 1. The van der Waals surface area contributed by atoms with E-state index in [1.54, 1.807) is 13.2 Å². The van der Waals surface area contributed by atoms with Crippen molar-refractivity contribution in [2.45, 2.75) is 12.8 Å². The Labute approximate surface area is 94.3 Å². The molecule has 0 aliphatic rings.